The van der Waals surface area contributed by atoms with Crippen molar-refractivity contribution in [2.24, 2.45) is 0 Å². The first-order valence-corrected chi connectivity index (χ1v) is 7.05. The summed E-state index contributed by atoms with van der Waals surface area (Å²) in [4.78, 5) is 0. The second-order valence-corrected chi connectivity index (χ2v) is 5.31. The lowest BCUT2D eigenvalue weighted by Gasteiger charge is -2.36. The highest BCUT2D eigenvalue weighted by Crippen LogP contribution is 2.49. The van der Waals surface area contributed by atoms with Crippen molar-refractivity contribution in [2.75, 3.05) is 0 Å². The fraction of sp³-hybridized carbons (Fsp3) is 0.0526. The van der Waals surface area contributed by atoms with Gasteiger partial charge in [0.05, 0.1) is 0 Å². The number of hydrogen-bond donors (Lipinski definition) is 1. The summed E-state index contributed by atoms with van der Waals surface area (Å²) in [5.41, 5.74) is 0.553. The van der Waals surface area contributed by atoms with Gasteiger partial charge in [0.2, 0.25) is 0 Å². The maximum absolute atomic E-state index is 13.3. The molecule has 0 aliphatic carbocycles. The molecular formula is C19H13FO2. The minimum atomic E-state index is -1.36. The van der Waals surface area contributed by atoms with Gasteiger partial charge in [-0.3, -0.25) is 0 Å². The first-order valence-electron chi connectivity index (χ1n) is 7.05. The molecule has 1 aliphatic heterocycles. The molecule has 0 radical (unpaired) electrons. The Morgan fingerprint density at radius 2 is 1.23 bits per heavy atom. The van der Waals surface area contributed by atoms with Gasteiger partial charge in [-0.2, -0.15) is 0 Å². The zero-order valence-electron chi connectivity index (χ0n) is 11.7. The number of aliphatic hydroxyl groups is 1. The van der Waals surface area contributed by atoms with Gasteiger partial charge < -0.3 is 9.84 Å². The van der Waals surface area contributed by atoms with E-state index in [-0.39, 0.29) is 5.82 Å². The molecule has 1 heterocycles. The average molecular weight is 292 g/mol. The van der Waals surface area contributed by atoms with Crippen molar-refractivity contribution in [3.63, 3.8) is 0 Å². The molecule has 0 saturated carbocycles. The molecule has 0 aromatic heterocycles. The monoisotopic (exact) mass is 292 g/mol. The maximum Gasteiger partial charge on any atom is 0.147 e. The van der Waals surface area contributed by atoms with Gasteiger partial charge in [-0.05, 0) is 29.8 Å². The summed E-state index contributed by atoms with van der Waals surface area (Å²) in [5.74, 6) is 0.877. The molecule has 0 unspecified atom stereocenters. The molecule has 0 spiro atoms. The van der Waals surface area contributed by atoms with Crippen LogP contribution in [0.3, 0.4) is 0 Å². The number of benzene rings is 3. The molecule has 0 atom stereocenters. The Morgan fingerprint density at radius 3 is 1.77 bits per heavy atom. The molecule has 1 aliphatic rings. The van der Waals surface area contributed by atoms with E-state index in [0.717, 1.165) is 0 Å². The number of halogens is 1. The molecule has 0 amide bonds. The molecule has 4 rings (SSSR count). The van der Waals surface area contributed by atoms with E-state index in [1.807, 2.05) is 48.5 Å². The standard InChI is InChI=1S/C19H13FO2/c20-14-11-9-13(10-12-14)19(21)15-5-1-3-7-17(15)22-18-8-4-2-6-16(18)19/h1-12,21H. The third-order valence-corrected chi connectivity index (χ3v) is 4.04. The largest absolute Gasteiger partial charge is 0.457 e. The zero-order valence-corrected chi connectivity index (χ0v) is 11.7. The minimum Gasteiger partial charge on any atom is -0.457 e. The highest BCUT2D eigenvalue weighted by molar-refractivity contribution is 5.60. The van der Waals surface area contributed by atoms with Crippen molar-refractivity contribution in [1.82, 2.24) is 0 Å². The second kappa shape index (κ2) is 4.68. The van der Waals surface area contributed by atoms with Crippen molar-refractivity contribution < 1.29 is 14.2 Å². The summed E-state index contributed by atoms with van der Waals surface area (Å²) in [6, 6.07) is 20.6. The molecule has 3 aromatic rings. The average Bonchev–Trinajstić information content (AvgIpc) is 2.56. The summed E-state index contributed by atoms with van der Waals surface area (Å²) in [7, 11) is 0. The number of fused-ring (bicyclic) bond motifs is 2. The van der Waals surface area contributed by atoms with Crippen LogP contribution in [0.25, 0.3) is 0 Å². The lowest BCUT2D eigenvalue weighted by molar-refractivity contribution is 0.112. The molecule has 3 aromatic carbocycles. The predicted octanol–water partition coefficient (Wildman–Crippen LogP) is 4.22. The van der Waals surface area contributed by atoms with E-state index < -0.39 is 5.60 Å². The van der Waals surface area contributed by atoms with E-state index in [1.54, 1.807) is 12.1 Å². The van der Waals surface area contributed by atoms with Crippen LogP contribution in [0.1, 0.15) is 16.7 Å². The van der Waals surface area contributed by atoms with Crippen molar-refractivity contribution in [1.29, 1.82) is 0 Å². The summed E-state index contributed by atoms with van der Waals surface area (Å²) in [6.45, 7) is 0. The topological polar surface area (TPSA) is 29.5 Å². The molecular weight excluding hydrogens is 279 g/mol. The molecule has 22 heavy (non-hydrogen) atoms. The summed E-state index contributed by atoms with van der Waals surface area (Å²) in [5, 5.41) is 11.5. The fourth-order valence-electron chi connectivity index (χ4n) is 2.97. The smallest absolute Gasteiger partial charge is 0.147 e. The van der Waals surface area contributed by atoms with Crippen LogP contribution >= 0.6 is 0 Å². The van der Waals surface area contributed by atoms with Gasteiger partial charge >= 0.3 is 0 Å². The molecule has 108 valence electrons. The highest BCUT2D eigenvalue weighted by atomic mass is 19.1. The van der Waals surface area contributed by atoms with Gasteiger partial charge in [0.15, 0.2) is 0 Å². The Bertz CT molecular complexity index is 795. The van der Waals surface area contributed by atoms with E-state index in [9.17, 15) is 9.50 Å². The fourth-order valence-corrected chi connectivity index (χ4v) is 2.97. The van der Waals surface area contributed by atoms with Crippen LogP contribution in [0.2, 0.25) is 0 Å². The van der Waals surface area contributed by atoms with Crippen molar-refractivity contribution in [3.8, 4) is 11.5 Å². The summed E-state index contributed by atoms with van der Waals surface area (Å²) < 4.78 is 19.1. The van der Waals surface area contributed by atoms with Gasteiger partial charge in [-0.15, -0.1) is 0 Å². The van der Waals surface area contributed by atoms with Crippen LogP contribution in [0.4, 0.5) is 4.39 Å². The normalized spacial score (nSPS) is 14.6. The molecule has 0 saturated heterocycles. The van der Waals surface area contributed by atoms with Crippen LogP contribution in [-0.2, 0) is 5.60 Å². The van der Waals surface area contributed by atoms with Gasteiger partial charge in [0.25, 0.3) is 0 Å². The second-order valence-electron chi connectivity index (χ2n) is 5.31. The number of rotatable bonds is 1. The van der Waals surface area contributed by atoms with E-state index in [1.165, 1.54) is 12.1 Å². The first kappa shape index (κ1) is 13.0. The van der Waals surface area contributed by atoms with Gasteiger partial charge in [-0.1, -0.05) is 48.5 Å². The third-order valence-electron chi connectivity index (χ3n) is 4.04. The molecule has 0 bridgehead atoms. The lowest BCUT2D eigenvalue weighted by atomic mass is 9.78. The molecule has 0 fully saturated rings. The minimum absolute atomic E-state index is 0.332. The third kappa shape index (κ3) is 1.76. The Labute approximate surface area is 127 Å². The zero-order chi connectivity index (χ0) is 15.2. The first-order chi connectivity index (χ1) is 10.7. The van der Waals surface area contributed by atoms with Crippen molar-refractivity contribution in [3.05, 3.63) is 95.3 Å². The maximum atomic E-state index is 13.3. The Hall–Kier alpha value is -2.65. The van der Waals surface area contributed by atoms with Gasteiger partial charge in [0.1, 0.15) is 22.9 Å². The van der Waals surface area contributed by atoms with Gasteiger partial charge in [-0.25, -0.2) is 4.39 Å². The van der Waals surface area contributed by atoms with Crippen molar-refractivity contribution >= 4 is 0 Å². The highest BCUT2D eigenvalue weighted by Gasteiger charge is 2.41. The Kier molecular flexibility index (Phi) is 2.78. The predicted molar refractivity (Wildman–Crippen MR) is 81.5 cm³/mol. The molecule has 2 nitrogen and oxygen atoms in total. The van der Waals surface area contributed by atoms with Crippen molar-refractivity contribution in [2.45, 2.75) is 5.60 Å². The molecule has 3 heteroatoms. The van der Waals surface area contributed by atoms with E-state index in [2.05, 4.69) is 0 Å². The molecule has 1 N–H and O–H groups in total. The number of hydrogen-bond acceptors (Lipinski definition) is 2. The lowest BCUT2D eigenvalue weighted by Crippen LogP contribution is -2.32. The van der Waals surface area contributed by atoms with Crippen LogP contribution in [0, 0.1) is 5.82 Å². The summed E-state index contributed by atoms with van der Waals surface area (Å²) >= 11 is 0. The Morgan fingerprint density at radius 1 is 0.727 bits per heavy atom. The van der Waals surface area contributed by atoms with Gasteiger partial charge in [0, 0.05) is 11.1 Å². The van der Waals surface area contributed by atoms with Crippen LogP contribution in [0.5, 0.6) is 11.5 Å². The van der Waals surface area contributed by atoms with E-state index >= 15 is 0 Å². The number of ether oxygens (including phenoxy) is 1. The quantitative estimate of drug-likeness (QED) is 0.728. The summed E-state index contributed by atoms with van der Waals surface area (Å²) in [6.07, 6.45) is 0. The van der Waals surface area contributed by atoms with E-state index in [0.29, 0.717) is 28.2 Å². The number of para-hydroxylation sites is 2. The van der Waals surface area contributed by atoms with Crippen LogP contribution in [-0.4, -0.2) is 5.11 Å². The van der Waals surface area contributed by atoms with Crippen LogP contribution < -0.4 is 4.74 Å². The van der Waals surface area contributed by atoms with Crippen LogP contribution in [0.15, 0.2) is 72.8 Å². The SMILES string of the molecule is OC1(c2ccc(F)cc2)c2ccccc2Oc2ccccc21. The Balaban J connectivity index is 2.03. The van der Waals surface area contributed by atoms with E-state index in [4.69, 9.17) is 4.74 Å².